The maximum Gasteiger partial charge on any atom is 0.344 e. The minimum Gasteiger partial charge on any atom is -0.497 e. The maximum absolute atomic E-state index is 12.9. The van der Waals surface area contributed by atoms with Gasteiger partial charge in [0.1, 0.15) is 17.9 Å². The summed E-state index contributed by atoms with van der Waals surface area (Å²) in [6, 6.07) is 13.8. The molecule has 0 saturated carbocycles. The van der Waals surface area contributed by atoms with Crippen molar-refractivity contribution in [3.8, 4) is 22.8 Å². The van der Waals surface area contributed by atoms with Crippen LogP contribution in [0.3, 0.4) is 0 Å². The summed E-state index contributed by atoms with van der Waals surface area (Å²) < 4.78 is 26.4. The topological polar surface area (TPSA) is 84.2 Å². The molecule has 146 valence electrons. The number of para-hydroxylation sites is 1. The second-order valence-corrected chi connectivity index (χ2v) is 5.82. The Bertz CT molecular complexity index is 1010. The van der Waals surface area contributed by atoms with Crippen molar-refractivity contribution in [3.63, 3.8) is 0 Å². The van der Waals surface area contributed by atoms with Gasteiger partial charge in [-0.05, 0) is 36.4 Å². The lowest BCUT2D eigenvalue weighted by Gasteiger charge is -2.12. The van der Waals surface area contributed by atoms with E-state index in [0.29, 0.717) is 22.3 Å². The molecule has 0 amide bonds. The highest BCUT2D eigenvalue weighted by Gasteiger charge is 2.19. The number of rotatable bonds is 8. The Morgan fingerprint density at radius 2 is 1.75 bits per heavy atom. The normalized spacial score (nSPS) is 10.6. The van der Waals surface area contributed by atoms with Gasteiger partial charge in [0.25, 0.3) is 0 Å². The fraction of sp³-hybridized carbons (Fsp3) is 0.238. The van der Waals surface area contributed by atoms with Crippen molar-refractivity contribution in [2.45, 2.75) is 0 Å². The molecular formula is C21H20O7. The molecule has 1 aromatic heterocycles. The highest BCUT2D eigenvalue weighted by molar-refractivity contribution is 5.82. The molecule has 7 nitrogen and oxygen atoms in total. The fourth-order valence-electron chi connectivity index (χ4n) is 2.60. The van der Waals surface area contributed by atoms with Crippen molar-refractivity contribution < 1.29 is 28.2 Å². The van der Waals surface area contributed by atoms with Crippen LogP contribution in [0.1, 0.15) is 0 Å². The second-order valence-electron chi connectivity index (χ2n) is 5.82. The van der Waals surface area contributed by atoms with E-state index in [4.69, 9.17) is 23.4 Å². The molecule has 3 aromatic rings. The molecule has 0 aliphatic heterocycles. The van der Waals surface area contributed by atoms with Crippen LogP contribution in [0.25, 0.3) is 22.3 Å². The van der Waals surface area contributed by atoms with E-state index >= 15 is 0 Å². The van der Waals surface area contributed by atoms with Gasteiger partial charge in [0.2, 0.25) is 11.2 Å². The largest absolute Gasteiger partial charge is 0.497 e. The van der Waals surface area contributed by atoms with Crippen LogP contribution in [0.5, 0.6) is 11.5 Å². The molecule has 3 rings (SSSR count). The van der Waals surface area contributed by atoms with Crippen molar-refractivity contribution in [1.82, 2.24) is 0 Å². The van der Waals surface area contributed by atoms with Crippen LogP contribution in [0, 0.1) is 0 Å². The van der Waals surface area contributed by atoms with Crippen LogP contribution in [0.15, 0.2) is 57.7 Å². The number of carbonyl (C=O) groups is 1. The third-order valence-corrected chi connectivity index (χ3v) is 3.99. The van der Waals surface area contributed by atoms with Gasteiger partial charge in [-0.15, -0.1) is 0 Å². The molecule has 0 N–H and O–H groups in total. The first-order chi connectivity index (χ1) is 13.6. The molecule has 0 saturated heterocycles. The van der Waals surface area contributed by atoms with E-state index < -0.39 is 12.6 Å². The van der Waals surface area contributed by atoms with Crippen molar-refractivity contribution in [3.05, 3.63) is 58.8 Å². The molecule has 0 unspecified atom stereocenters. The molecule has 28 heavy (non-hydrogen) atoms. The zero-order chi connectivity index (χ0) is 19.9. The predicted octanol–water partition coefficient (Wildman–Crippen LogP) is 3.04. The quantitative estimate of drug-likeness (QED) is 0.436. The Balaban J connectivity index is 1.97. The summed E-state index contributed by atoms with van der Waals surface area (Å²) in [5.41, 5.74) is 0.678. The Morgan fingerprint density at radius 1 is 1.00 bits per heavy atom. The fourth-order valence-corrected chi connectivity index (χ4v) is 2.60. The molecule has 0 atom stereocenters. The molecular weight excluding hydrogens is 364 g/mol. The first-order valence-corrected chi connectivity index (χ1v) is 8.61. The molecule has 0 bridgehead atoms. The lowest BCUT2D eigenvalue weighted by atomic mass is 10.1. The lowest BCUT2D eigenvalue weighted by Crippen LogP contribution is -2.20. The summed E-state index contributed by atoms with van der Waals surface area (Å²) in [6.07, 6.45) is 0. The van der Waals surface area contributed by atoms with Crippen LogP contribution >= 0.6 is 0 Å². The highest BCUT2D eigenvalue weighted by atomic mass is 16.6. The maximum atomic E-state index is 12.9. The van der Waals surface area contributed by atoms with Crippen molar-refractivity contribution in [1.29, 1.82) is 0 Å². The monoisotopic (exact) mass is 384 g/mol. The van der Waals surface area contributed by atoms with Gasteiger partial charge < -0.3 is 23.4 Å². The summed E-state index contributed by atoms with van der Waals surface area (Å²) >= 11 is 0. The van der Waals surface area contributed by atoms with E-state index in [2.05, 4.69) is 0 Å². The van der Waals surface area contributed by atoms with E-state index in [9.17, 15) is 9.59 Å². The molecule has 0 aliphatic rings. The van der Waals surface area contributed by atoms with Gasteiger partial charge in [0.05, 0.1) is 19.1 Å². The second kappa shape index (κ2) is 9.05. The van der Waals surface area contributed by atoms with Crippen LogP contribution in [0.2, 0.25) is 0 Å². The third kappa shape index (κ3) is 4.32. The average molecular weight is 384 g/mol. The van der Waals surface area contributed by atoms with E-state index in [-0.39, 0.29) is 30.2 Å². The zero-order valence-corrected chi connectivity index (χ0v) is 15.6. The number of esters is 1. The Labute approximate surface area is 161 Å². The summed E-state index contributed by atoms with van der Waals surface area (Å²) in [6.45, 7) is -0.0344. The Morgan fingerprint density at radius 3 is 2.46 bits per heavy atom. The first-order valence-electron chi connectivity index (χ1n) is 8.61. The average Bonchev–Trinajstić information content (AvgIpc) is 2.73. The number of carbonyl (C=O) groups excluding carboxylic acids is 1. The van der Waals surface area contributed by atoms with Gasteiger partial charge in [0.15, 0.2) is 12.4 Å². The van der Waals surface area contributed by atoms with Crippen LogP contribution < -0.4 is 14.9 Å². The standard InChI is InChI=1S/C21H20O7/c1-24-11-12-26-18(22)13-27-21-19(23)16-5-3-4-6-17(16)28-20(21)14-7-9-15(25-2)10-8-14/h3-10H,11-13H2,1-2H3. The van der Waals surface area contributed by atoms with Gasteiger partial charge >= 0.3 is 5.97 Å². The number of methoxy groups -OCH3 is 2. The number of fused-ring (bicyclic) bond motifs is 1. The molecule has 0 fully saturated rings. The van der Waals surface area contributed by atoms with Crippen molar-refractivity contribution in [2.24, 2.45) is 0 Å². The van der Waals surface area contributed by atoms with Gasteiger partial charge in [0, 0.05) is 12.7 Å². The van der Waals surface area contributed by atoms with E-state index in [0.717, 1.165) is 0 Å². The number of hydrogen-bond donors (Lipinski definition) is 0. The summed E-state index contributed by atoms with van der Waals surface area (Å²) in [4.78, 5) is 24.8. The summed E-state index contributed by atoms with van der Waals surface area (Å²) in [5, 5.41) is 0.363. The smallest absolute Gasteiger partial charge is 0.344 e. The van der Waals surface area contributed by atoms with Crippen LogP contribution in [-0.2, 0) is 14.3 Å². The minimum absolute atomic E-state index is 0.0486. The highest BCUT2D eigenvalue weighted by Crippen LogP contribution is 2.31. The molecule has 0 aliphatic carbocycles. The summed E-state index contributed by atoms with van der Waals surface area (Å²) in [7, 11) is 3.07. The molecule has 7 heteroatoms. The van der Waals surface area contributed by atoms with E-state index in [1.54, 1.807) is 55.6 Å². The van der Waals surface area contributed by atoms with Crippen molar-refractivity contribution >= 4 is 16.9 Å². The molecule has 1 heterocycles. The van der Waals surface area contributed by atoms with E-state index in [1.165, 1.54) is 7.11 Å². The van der Waals surface area contributed by atoms with Crippen molar-refractivity contribution in [2.75, 3.05) is 34.0 Å². The molecule has 0 spiro atoms. The summed E-state index contributed by atoms with van der Waals surface area (Å²) in [5.74, 6) is 0.241. The van der Waals surface area contributed by atoms with E-state index in [1.807, 2.05) is 0 Å². The molecule has 2 aromatic carbocycles. The number of benzene rings is 2. The SMILES string of the molecule is COCCOC(=O)COc1c(-c2ccc(OC)cc2)oc2ccccc2c1=O. The Hall–Kier alpha value is -3.32. The molecule has 0 radical (unpaired) electrons. The van der Waals surface area contributed by atoms with Gasteiger partial charge in [-0.25, -0.2) is 4.79 Å². The van der Waals surface area contributed by atoms with Gasteiger partial charge in [-0.1, -0.05) is 12.1 Å². The van der Waals surface area contributed by atoms with Gasteiger partial charge in [-0.3, -0.25) is 4.79 Å². The Kier molecular flexibility index (Phi) is 6.29. The zero-order valence-electron chi connectivity index (χ0n) is 15.6. The number of ether oxygens (including phenoxy) is 4. The lowest BCUT2D eigenvalue weighted by molar-refractivity contribution is -0.147. The third-order valence-electron chi connectivity index (χ3n) is 3.99. The van der Waals surface area contributed by atoms with Gasteiger partial charge in [-0.2, -0.15) is 0 Å². The van der Waals surface area contributed by atoms with Crippen LogP contribution in [-0.4, -0.2) is 40.0 Å². The predicted molar refractivity (Wildman–Crippen MR) is 103 cm³/mol. The first kappa shape index (κ1) is 19.4. The number of hydrogen-bond acceptors (Lipinski definition) is 7. The minimum atomic E-state index is -0.606. The van der Waals surface area contributed by atoms with Crippen LogP contribution in [0.4, 0.5) is 0 Å².